The van der Waals surface area contributed by atoms with Gasteiger partial charge in [-0.15, -0.1) is 0 Å². The van der Waals surface area contributed by atoms with Crippen molar-refractivity contribution in [2.45, 2.75) is 32.7 Å². The summed E-state index contributed by atoms with van der Waals surface area (Å²) in [7, 11) is 0. The number of primary amides is 1. The molecule has 2 amide bonds. The second-order valence-electron chi connectivity index (χ2n) is 8.38. The second kappa shape index (κ2) is 8.46. The van der Waals surface area contributed by atoms with Crippen molar-refractivity contribution >= 4 is 11.8 Å². The zero-order valence-corrected chi connectivity index (χ0v) is 18.6. The minimum absolute atomic E-state index is 0.0865. The number of nitrogens with two attached hydrogens (primary N) is 1. The molecule has 3 rings (SSSR count). The van der Waals surface area contributed by atoms with Crippen LogP contribution in [0.5, 0.6) is 0 Å². The van der Waals surface area contributed by atoms with Crippen molar-refractivity contribution in [2.24, 2.45) is 11.7 Å². The normalized spacial score (nSPS) is 25.7. The summed E-state index contributed by atoms with van der Waals surface area (Å²) in [5, 5.41) is 13.1. The predicted molar refractivity (Wildman–Crippen MR) is 121 cm³/mol. The molecule has 0 aromatic carbocycles. The molecule has 3 aliphatic rings. The molecule has 2 aliphatic heterocycles. The van der Waals surface area contributed by atoms with Gasteiger partial charge in [0.2, 0.25) is 11.8 Å². The highest BCUT2D eigenvalue weighted by Crippen LogP contribution is 2.51. The van der Waals surface area contributed by atoms with Crippen molar-refractivity contribution < 1.29 is 14.0 Å². The molecule has 0 fully saturated rings. The monoisotopic (exact) mass is 434 g/mol. The maximum atomic E-state index is 15.7. The summed E-state index contributed by atoms with van der Waals surface area (Å²) in [6.45, 7) is 13.6. The zero-order chi connectivity index (χ0) is 23.8. The number of fused-ring (bicyclic) bond motifs is 1. The minimum Gasteiger partial charge on any atom is -0.377 e. The predicted octanol–water partition coefficient (Wildman–Crippen LogP) is 3.26. The lowest BCUT2D eigenvalue weighted by atomic mass is 9.67. The molecule has 1 aliphatic carbocycles. The van der Waals surface area contributed by atoms with Crippen LogP contribution in [0.2, 0.25) is 0 Å². The van der Waals surface area contributed by atoms with E-state index in [0.717, 1.165) is 17.2 Å². The SMILES string of the molecule is C=C/C=C(\C1=C(C)CN(C(=O)C=C)CC1)C1=C(F)C=C(C(N)=O)C2(C)NC(C)=C(C#N)C12. The molecule has 32 heavy (non-hydrogen) atoms. The maximum Gasteiger partial charge on any atom is 0.247 e. The number of carbonyl (C=O) groups is 2. The summed E-state index contributed by atoms with van der Waals surface area (Å²) < 4.78 is 15.7. The van der Waals surface area contributed by atoms with Crippen LogP contribution in [0.15, 0.2) is 82.4 Å². The molecule has 0 bridgehead atoms. The molecule has 0 radical (unpaired) electrons. The number of nitrogens with zero attached hydrogens (tertiary/aromatic N) is 2. The Bertz CT molecular complexity index is 1130. The minimum atomic E-state index is -1.06. The molecule has 2 atom stereocenters. The van der Waals surface area contributed by atoms with E-state index in [-0.39, 0.29) is 11.5 Å². The van der Waals surface area contributed by atoms with Crippen molar-refractivity contribution in [3.05, 3.63) is 82.4 Å². The maximum absolute atomic E-state index is 15.7. The quantitative estimate of drug-likeness (QED) is 0.512. The van der Waals surface area contributed by atoms with E-state index in [1.54, 1.807) is 30.9 Å². The van der Waals surface area contributed by atoms with Gasteiger partial charge in [0.1, 0.15) is 5.83 Å². The molecule has 2 unspecified atom stereocenters. The van der Waals surface area contributed by atoms with Gasteiger partial charge in [-0.25, -0.2) is 4.39 Å². The van der Waals surface area contributed by atoms with Crippen molar-refractivity contribution in [1.29, 1.82) is 5.26 Å². The van der Waals surface area contributed by atoms with E-state index in [4.69, 9.17) is 5.73 Å². The Balaban J connectivity index is 2.23. The number of hydrogen-bond acceptors (Lipinski definition) is 4. The van der Waals surface area contributed by atoms with Gasteiger partial charge in [-0.05, 0) is 50.5 Å². The molecule has 7 heteroatoms. The molecule has 166 valence electrons. The fourth-order valence-electron chi connectivity index (χ4n) is 5.02. The molecule has 3 N–H and O–H groups in total. The second-order valence-corrected chi connectivity index (χ2v) is 8.38. The number of nitrogens with one attached hydrogen (secondary N) is 1. The van der Waals surface area contributed by atoms with Crippen LogP contribution >= 0.6 is 0 Å². The number of carbonyl (C=O) groups excluding carboxylic acids is 2. The Morgan fingerprint density at radius 2 is 2.09 bits per heavy atom. The van der Waals surface area contributed by atoms with Crippen LogP contribution in [0.4, 0.5) is 4.39 Å². The molecule has 6 nitrogen and oxygen atoms in total. The highest BCUT2D eigenvalue weighted by molar-refractivity contribution is 5.96. The summed E-state index contributed by atoms with van der Waals surface area (Å²) in [6.07, 6.45) is 6.26. The van der Waals surface area contributed by atoms with E-state index < -0.39 is 23.2 Å². The molecule has 2 heterocycles. The van der Waals surface area contributed by atoms with Crippen molar-refractivity contribution in [1.82, 2.24) is 10.2 Å². The average molecular weight is 435 g/mol. The average Bonchev–Trinajstić information content (AvgIpc) is 3.01. The largest absolute Gasteiger partial charge is 0.377 e. The van der Waals surface area contributed by atoms with Gasteiger partial charge < -0.3 is 16.0 Å². The first-order valence-electron chi connectivity index (χ1n) is 10.3. The standard InChI is InChI=1S/C25H27FN4O2/c1-6-8-17(16-9-10-30(13-14(16)3)21(31)7-2)22-20(26)11-19(24(28)32)25(5)23(22)18(12-27)15(4)29-25/h6-8,11,23,29H,1-2,9-10,13H2,3-5H3,(H2,28,32)/b17-8+. The van der Waals surface area contributed by atoms with E-state index >= 15 is 4.39 Å². The molecular formula is C25H27FN4O2. The van der Waals surface area contributed by atoms with E-state index in [1.165, 1.54) is 6.08 Å². The van der Waals surface area contributed by atoms with Gasteiger partial charge in [0.15, 0.2) is 0 Å². The van der Waals surface area contributed by atoms with Gasteiger partial charge in [0.05, 0.1) is 23.1 Å². The number of allylic oxidation sites excluding steroid dienone is 6. The fraction of sp³-hybridized carbons (Fsp3) is 0.320. The summed E-state index contributed by atoms with van der Waals surface area (Å²) in [6, 6.07) is 2.19. The number of rotatable bonds is 5. The van der Waals surface area contributed by atoms with Crippen LogP contribution in [-0.2, 0) is 9.59 Å². The summed E-state index contributed by atoms with van der Waals surface area (Å²) in [5.74, 6) is -2.25. The van der Waals surface area contributed by atoms with Gasteiger partial charge in [-0.2, -0.15) is 5.26 Å². The van der Waals surface area contributed by atoms with Crippen molar-refractivity contribution in [2.75, 3.05) is 13.1 Å². The third kappa shape index (κ3) is 3.52. The summed E-state index contributed by atoms with van der Waals surface area (Å²) in [4.78, 5) is 25.9. The molecule has 0 saturated heterocycles. The fourth-order valence-corrected chi connectivity index (χ4v) is 5.02. The van der Waals surface area contributed by atoms with Gasteiger partial charge >= 0.3 is 0 Å². The third-order valence-electron chi connectivity index (χ3n) is 6.44. The Morgan fingerprint density at radius 1 is 1.41 bits per heavy atom. The molecule has 0 saturated carbocycles. The highest BCUT2D eigenvalue weighted by atomic mass is 19.1. The zero-order valence-electron chi connectivity index (χ0n) is 18.6. The lowest BCUT2D eigenvalue weighted by Crippen LogP contribution is -2.51. The van der Waals surface area contributed by atoms with Crippen LogP contribution in [-0.4, -0.2) is 35.3 Å². The molecule has 0 aromatic rings. The van der Waals surface area contributed by atoms with E-state index in [2.05, 4.69) is 24.5 Å². The molecule has 0 aromatic heterocycles. The molecular weight excluding hydrogens is 407 g/mol. The van der Waals surface area contributed by atoms with E-state index in [1.807, 2.05) is 6.92 Å². The van der Waals surface area contributed by atoms with Gasteiger partial charge in [0.25, 0.3) is 0 Å². The Hall–Kier alpha value is -3.66. The lowest BCUT2D eigenvalue weighted by Gasteiger charge is -2.40. The van der Waals surface area contributed by atoms with Gasteiger partial charge in [-0.3, -0.25) is 9.59 Å². The van der Waals surface area contributed by atoms with Gasteiger partial charge in [0, 0.05) is 29.9 Å². The Labute approximate surface area is 187 Å². The van der Waals surface area contributed by atoms with E-state index in [0.29, 0.717) is 41.9 Å². The third-order valence-corrected chi connectivity index (χ3v) is 6.44. The number of amides is 2. The lowest BCUT2D eigenvalue weighted by molar-refractivity contribution is -0.125. The number of hydrogen-bond donors (Lipinski definition) is 2. The van der Waals surface area contributed by atoms with Crippen molar-refractivity contribution in [3.63, 3.8) is 0 Å². The highest BCUT2D eigenvalue weighted by Gasteiger charge is 2.53. The topological polar surface area (TPSA) is 99.2 Å². The first-order chi connectivity index (χ1) is 15.1. The van der Waals surface area contributed by atoms with Crippen LogP contribution < -0.4 is 11.1 Å². The number of halogens is 1. The number of nitriles is 1. The van der Waals surface area contributed by atoms with E-state index in [9.17, 15) is 14.9 Å². The van der Waals surface area contributed by atoms with Crippen LogP contribution in [0, 0.1) is 17.2 Å². The first-order valence-corrected chi connectivity index (χ1v) is 10.3. The van der Waals surface area contributed by atoms with Crippen LogP contribution in [0.1, 0.15) is 27.2 Å². The summed E-state index contributed by atoms with van der Waals surface area (Å²) >= 11 is 0. The van der Waals surface area contributed by atoms with Crippen molar-refractivity contribution in [3.8, 4) is 6.07 Å². The Morgan fingerprint density at radius 3 is 2.62 bits per heavy atom. The van der Waals surface area contributed by atoms with Crippen LogP contribution in [0.25, 0.3) is 0 Å². The Kier molecular flexibility index (Phi) is 6.09. The van der Waals surface area contributed by atoms with Crippen LogP contribution in [0.3, 0.4) is 0 Å². The van der Waals surface area contributed by atoms with Gasteiger partial charge in [-0.1, -0.05) is 30.9 Å². The molecule has 0 spiro atoms. The first kappa shape index (κ1) is 23.0. The smallest absolute Gasteiger partial charge is 0.247 e. The summed E-state index contributed by atoms with van der Waals surface area (Å²) in [5.41, 5.74) is 8.28.